The summed E-state index contributed by atoms with van der Waals surface area (Å²) in [5.74, 6) is 0.679. The van der Waals surface area contributed by atoms with Crippen LogP contribution in [0, 0.1) is 0 Å². The van der Waals surface area contributed by atoms with Crippen LogP contribution >= 0.6 is 0 Å². The van der Waals surface area contributed by atoms with Crippen LogP contribution in [0.25, 0.3) is 28.1 Å². The van der Waals surface area contributed by atoms with Crippen molar-refractivity contribution in [2.75, 3.05) is 6.54 Å². The number of para-hydroxylation sites is 1. The predicted molar refractivity (Wildman–Crippen MR) is 122 cm³/mol. The van der Waals surface area contributed by atoms with Crippen molar-refractivity contribution in [3.05, 3.63) is 77.0 Å². The molecule has 1 aliphatic heterocycles. The molecular weight excluding hydrogens is 422 g/mol. The fourth-order valence-electron chi connectivity index (χ4n) is 4.18. The number of nitrogens with zero attached hydrogens (tertiary/aromatic N) is 4. The lowest BCUT2D eigenvalue weighted by Crippen LogP contribution is -2.35. The minimum Gasteiger partial charge on any atom is -0.454 e. The first-order chi connectivity index (χ1) is 16.1. The van der Waals surface area contributed by atoms with Crippen LogP contribution in [0.3, 0.4) is 0 Å². The highest BCUT2D eigenvalue weighted by Gasteiger charge is 2.29. The zero-order valence-electron chi connectivity index (χ0n) is 18.1. The Kier molecular flexibility index (Phi) is 5.52. The first-order valence-electron chi connectivity index (χ1n) is 10.9. The Morgan fingerprint density at radius 1 is 1.21 bits per heavy atom. The molecule has 0 bridgehead atoms. The van der Waals surface area contributed by atoms with Crippen LogP contribution in [0.2, 0.25) is 0 Å². The van der Waals surface area contributed by atoms with E-state index < -0.39 is 0 Å². The molecule has 5 heterocycles. The van der Waals surface area contributed by atoms with Gasteiger partial charge in [0.2, 0.25) is 0 Å². The molecule has 33 heavy (non-hydrogen) atoms. The van der Waals surface area contributed by atoms with Gasteiger partial charge in [0.15, 0.2) is 17.1 Å². The van der Waals surface area contributed by atoms with E-state index in [4.69, 9.17) is 4.42 Å². The molecule has 0 unspecified atom stereocenters. The third kappa shape index (κ3) is 4.05. The summed E-state index contributed by atoms with van der Waals surface area (Å²) in [4.78, 5) is 29.4. The average Bonchev–Trinajstić information content (AvgIpc) is 3.63. The van der Waals surface area contributed by atoms with Gasteiger partial charge < -0.3 is 13.8 Å². The molecule has 5 aromatic rings. The molecule has 4 aromatic heterocycles. The first kappa shape index (κ1) is 20.7. The molecule has 9 nitrogen and oxygen atoms in total. The number of rotatable bonds is 3. The first-order valence-corrected chi connectivity index (χ1v) is 10.9. The van der Waals surface area contributed by atoms with E-state index in [1.807, 2.05) is 35.2 Å². The molecule has 1 saturated heterocycles. The Hall–Kier alpha value is -4.14. The molecule has 6 rings (SSSR count). The number of furan rings is 1. The summed E-state index contributed by atoms with van der Waals surface area (Å²) in [6.45, 7) is 2.96. The van der Waals surface area contributed by atoms with E-state index in [0.717, 1.165) is 42.5 Å². The highest BCUT2D eigenvalue weighted by Crippen LogP contribution is 2.27. The summed E-state index contributed by atoms with van der Waals surface area (Å²) in [6.07, 6.45) is 6.35. The molecule has 168 valence electrons. The zero-order chi connectivity index (χ0) is 22.8. The lowest BCUT2D eigenvalue weighted by atomic mass is 10.1. The number of hydrogen-bond donors (Lipinski definition) is 1. The Morgan fingerprint density at radius 2 is 2.09 bits per heavy atom. The molecule has 0 aliphatic carbocycles. The Balaban J connectivity index is 0.000000146. The number of aromatic amines is 1. The van der Waals surface area contributed by atoms with Crippen LogP contribution in [0.1, 0.15) is 36.7 Å². The van der Waals surface area contributed by atoms with Gasteiger partial charge in [-0.05, 0) is 37.5 Å². The molecule has 9 heteroatoms. The predicted octanol–water partition coefficient (Wildman–Crippen LogP) is 4.13. The van der Waals surface area contributed by atoms with Gasteiger partial charge in [0.25, 0.3) is 11.5 Å². The van der Waals surface area contributed by atoms with E-state index in [1.165, 1.54) is 12.3 Å². The minimum atomic E-state index is -0.178. The molecule has 0 spiro atoms. The quantitative estimate of drug-likeness (QED) is 0.447. The van der Waals surface area contributed by atoms with Crippen molar-refractivity contribution in [2.24, 2.45) is 0 Å². The monoisotopic (exact) mass is 445 g/mol. The number of fused-ring (bicyclic) bond motifs is 2. The fourth-order valence-corrected chi connectivity index (χ4v) is 4.18. The van der Waals surface area contributed by atoms with Crippen molar-refractivity contribution in [2.45, 2.75) is 32.2 Å². The maximum atomic E-state index is 11.9. The molecule has 0 radical (unpaired) electrons. The van der Waals surface area contributed by atoms with Gasteiger partial charge in [0.1, 0.15) is 17.5 Å². The number of benzene rings is 1. The lowest BCUT2D eigenvalue weighted by molar-refractivity contribution is 0.0723. The maximum Gasteiger partial charge on any atom is 0.276 e. The van der Waals surface area contributed by atoms with E-state index in [9.17, 15) is 9.59 Å². The molecule has 1 aliphatic rings. The number of H-pyrrole nitrogens is 1. The van der Waals surface area contributed by atoms with Gasteiger partial charge in [-0.3, -0.25) is 14.7 Å². The van der Waals surface area contributed by atoms with Crippen LogP contribution in [-0.4, -0.2) is 43.1 Å². The SMILES string of the molecule is CC[C@@H]1CCCN1C(=O)c1ccon1.O=c1ccc2ncc(-c3cc4ccccc4o3)n2[nH]1. The summed E-state index contributed by atoms with van der Waals surface area (Å²) < 4.78 is 12.1. The maximum absolute atomic E-state index is 11.9. The number of amides is 1. The second-order valence-electron chi connectivity index (χ2n) is 7.88. The van der Waals surface area contributed by atoms with Crippen molar-refractivity contribution < 1.29 is 13.7 Å². The van der Waals surface area contributed by atoms with Crippen molar-refractivity contribution in [1.82, 2.24) is 24.7 Å². The Morgan fingerprint density at radius 3 is 2.88 bits per heavy atom. The number of likely N-dealkylation sites (tertiary alicyclic amines) is 1. The molecule has 1 aromatic carbocycles. The van der Waals surface area contributed by atoms with Gasteiger partial charge in [-0.2, -0.15) is 0 Å². The summed E-state index contributed by atoms with van der Waals surface area (Å²) >= 11 is 0. The summed E-state index contributed by atoms with van der Waals surface area (Å²) in [6, 6.07) is 14.8. The smallest absolute Gasteiger partial charge is 0.276 e. The number of imidazole rings is 1. The second kappa shape index (κ2) is 8.78. The third-order valence-corrected chi connectivity index (χ3v) is 5.84. The molecule has 1 fully saturated rings. The van der Waals surface area contributed by atoms with Gasteiger partial charge in [0.05, 0.1) is 6.20 Å². The molecular formula is C24H23N5O4. The summed E-state index contributed by atoms with van der Waals surface area (Å²) in [7, 11) is 0. The van der Waals surface area contributed by atoms with Gasteiger partial charge >= 0.3 is 0 Å². The van der Waals surface area contributed by atoms with E-state index in [-0.39, 0.29) is 11.5 Å². The van der Waals surface area contributed by atoms with Crippen LogP contribution in [0.5, 0.6) is 0 Å². The number of carbonyl (C=O) groups excluding carboxylic acids is 1. The summed E-state index contributed by atoms with van der Waals surface area (Å²) in [5.41, 5.74) is 2.46. The van der Waals surface area contributed by atoms with Gasteiger partial charge in [-0.1, -0.05) is 30.3 Å². The largest absolute Gasteiger partial charge is 0.454 e. The molecule has 1 atom stereocenters. The number of aromatic nitrogens is 4. The lowest BCUT2D eigenvalue weighted by Gasteiger charge is -2.22. The zero-order valence-corrected chi connectivity index (χ0v) is 18.1. The highest BCUT2D eigenvalue weighted by molar-refractivity contribution is 5.92. The van der Waals surface area contributed by atoms with Crippen molar-refractivity contribution in [3.63, 3.8) is 0 Å². The number of carbonyl (C=O) groups is 1. The van der Waals surface area contributed by atoms with Gasteiger partial charge in [0, 0.05) is 30.1 Å². The Bertz CT molecular complexity index is 1410. The molecule has 0 saturated carbocycles. The van der Waals surface area contributed by atoms with E-state index in [0.29, 0.717) is 23.1 Å². The van der Waals surface area contributed by atoms with Crippen LogP contribution < -0.4 is 5.56 Å². The van der Waals surface area contributed by atoms with Crippen molar-refractivity contribution >= 4 is 22.5 Å². The van der Waals surface area contributed by atoms with Crippen LogP contribution in [0.15, 0.2) is 74.7 Å². The van der Waals surface area contributed by atoms with E-state index in [2.05, 4.69) is 26.7 Å². The van der Waals surface area contributed by atoms with Gasteiger partial charge in [-0.25, -0.2) is 9.50 Å². The minimum absolute atomic E-state index is 0.00287. The summed E-state index contributed by atoms with van der Waals surface area (Å²) in [5, 5.41) is 7.40. The van der Waals surface area contributed by atoms with Crippen molar-refractivity contribution in [1.29, 1.82) is 0 Å². The van der Waals surface area contributed by atoms with E-state index >= 15 is 0 Å². The fraction of sp³-hybridized carbons (Fsp3) is 0.250. The normalized spacial score (nSPS) is 15.7. The third-order valence-electron chi connectivity index (χ3n) is 5.84. The van der Waals surface area contributed by atoms with Crippen LogP contribution in [0.4, 0.5) is 0 Å². The Labute approximate surface area is 188 Å². The molecule has 1 N–H and O–H groups in total. The number of nitrogens with one attached hydrogen (secondary N) is 1. The van der Waals surface area contributed by atoms with E-state index in [1.54, 1.807) is 22.8 Å². The molecule has 1 amide bonds. The topological polar surface area (TPSA) is 110 Å². The average molecular weight is 445 g/mol. The highest BCUT2D eigenvalue weighted by atomic mass is 16.5. The standard InChI is InChI=1S/C14H9N3O2.C10H14N2O2/c18-14-6-5-13-15-8-10(17(13)16-14)12-7-9-3-1-2-4-11(9)19-12;1-2-8-4-3-6-12(8)10(13)9-5-7-14-11-9/h1-8H,(H,16,18);5,7-8H,2-4,6H2,1H3/t;8-/m.1/s1. The van der Waals surface area contributed by atoms with Crippen molar-refractivity contribution in [3.8, 4) is 11.5 Å². The second-order valence-corrected chi connectivity index (χ2v) is 7.88. The van der Waals surface area contributed by atoms with Gasteiger partial charge in [-0.15, -0.1) is 0 Å². The van der Waals surface area contributed by atoms with Crippen LogP contribution in [-0.2, 0) is 0 Å². The number of hydrogen-bond acceptors (Lipinski definition) is 6.